The first-order valence-electron chi connectivity index (χ1n) is 8.03. The van der Waals surface area contributed by atoms with Gasteiger partial charge in [-0.25, -0.2) is 0 Å². The molecule has 124 valence electrons. The number of anilines is 1. The molecule has 0 aliphatic heterocycles. The Kier molecular flexibility index (Phi) is 4.06. The van der Waals surface area contributed by atoms with Gasteiger partial charge in [-0.15, -0.1) is 10.2 Å². The third-order valence-corrected chi connectivity index (χ3v) is 5.22. The lowest BCUT2D eigenvalue weighted by molar-refractivity contribution is 0.748. The van der Waals surface area contributed by atoms with Crippen molar-refractivity contribution in [1.82, 2.24) is 20.0 Å². The molecule has 24 heavy (non-hydrogen) atoms. The molecule has 0 bridgehead atoms. The van der Waals surface area contributed by atoms with Crippen LogP contribution in [0.2, 0.25) is 10.0 Å². The van der Waals surface area contributed by atoms with E-state index in [1.54, 1.807) is 10.9 Å². The summed E-state index contributed by atoms with van der Waals surface area (Å²) < 4.78 is 1.74. The number of benzene rings is 1. The zero-order valence-electron chi connectivity index (χ0n) is 13.3. The lowest BCUT2D eigenvalue weighted by Crippen LogP contribution is -2.16. The average Bonchev–Trinajstić information content (AvgIpc) is 3.21. The van der Waals surface area contributed by atoms with E-state index in [0.29, 0.717) is 16.1 Å². The normalized spacial score (nSPS) is 15.3. The van der Waals surface area contributed by atoms with E-state index >= 15 is 0 Å². The maximum Gasteiger partial charge on any atom is 0.156 e. The highest BCUT2D eigenvalue weighted by molar-refractivity contribution is 6.43. The van der Waals surface area contributed by atoms with E-state index in [2.05, 4.69) is 20.6 Å². The molecule has 0 saturated heterocycles. The summed E-state index contributed by atoms with van der Waals surface area (Å²) in [4.78, 5) is 0. The van der Waals surface area contributed by atoms with Gasteiger partial charge in [0, 0.05) is 35.6 Å². The Bertz CT molecular complexity index is 899. The largest absolute Gasteiger partial charge is 0.365 e. The first-order valence-corrected chi connectivity index (χ1v) is 8.78. The Labute approximate surface area is 150 Å². The van der Waals surface area contributed by atoms with E-state index in [1.165, 1.54) is 12.8 Å². The third kappa shape index (κ3) is 2.82. The number of nitrogens with one attached hydrogen (secondary N) is 1. The van der Waals surface area contributed by atoms with Gasteiger partial charge in [0.1, 0.15) is 5.69 Å². The molecule has 0 amide bonds. The fourth-order valence-corrected chi connectivity index (χ4v) is 3.60. The molecule has 1 fully saturated rings. The van der Waals surface area contributed by atoms with Crippen molar-refractivity contribution in [2.24, 2.45) is 7.05 Å². The molecule has 1 aliphatic rings. The molecule has 0 spiro atoms. The van der Waals surface area contributed by atoms with Crippen LogP contribution in [0.3, 0.4) is 0 Å². The Hall–Kier alpha value is -1.85. The van der Waals surface area contributed by atoms with Crippen LogP contribution in [-0.4, -0.2) is 26.0 Å². The van der Waals surface area contributed by atoms with Gasteiger partial charge in [0.2, 0.25) is 0 Å². The number of aromatic nitrogens is 4. The van der Waals surface area contributed by atoms with Crippen LogP contribution in [-0.2, 0) is 7.05 Å². The van der Waals surface area contributed by atoms with Crippen molar-refractivity contribution in [2.75, 3.05) is 5.32 Å². The molecule has 1 aliphatic carbocycles. The maximum absolute atomic E-state index is 6.25. The summed E-state index contributed by atoms with van der Waals surface area (Å²) in [6, 6.07) is 4.17. The van der Waals surface area contributed by atoms with Gasteiger partial charge in [-0.3, -0.25) is 4.68 Å². The molecule has 7 heteroatoms. The van der Waals surface area contributed by atoms with E-state index in [0.717, 1.165) is 40.7 Å². The SMILES string of the molecule is Cn1cc(-c2nnc(NC3CCCC3)c3cc(Cl)c(Cl)cc23)cn1. The molecule has 2 aromatic heterocycles. The molecule has 5 nitrogen and oxygen atoms in total. The molecular weight excluding hydrogens is 345 g/mol. The van der Waals surface area contributed by atoms with E-state index in [4.69, 9.17) is 23.2 Å². The number of nitrogens with zero attached hydrogens (tertiary/aromatic N) is 4. The topological polar surface area (TPSA) is 55.6 Å². The van der Waals surface area contributed by atoms with Gasteiger partial charge in [0.15, 0.2) is 5.82 Å². The molecule has 2 heterocycles. The summed E-state index contributed by atoms with van der Waals surface area (Å²) in [5.74, 6) is 0.767. The molecule has 4 rings (SSSR count). The quantitative estimate of drug-likeness (QED) is 0.734. The minimum Gasteiger partial charge on any atom is -0.365 e. The monoisotopic (exact) mass is 361 g/mol. The fourth-order valence-electron chi connectivity index (χ4n) is 3.27. The minimum atomic E-state index is 0.446. The fraction of sp³-hybridized carbons (Fsp3) is 0.353. The van der Waals surface area contributed by atoms with Crippen LogP contribution in [0.5, 0.6) is 0 Å². The van der Waals surface area contributed by atoms with Crippen LogP contribution in [0.1, 0.15) is 25.7 Å². The van der Waals surface area contributed by atoms with Crippen molar-refractivity contribution in [3.05, 3.63) is 34.6 Å². The van der Waals surface area contributed by atoms with Gasteiger partial charge in [-0.05, 0) is 25.0 Å². The van der Waals surface area contributed by atoms with E-state index < -0.39 is 0 Å². The summed E-state index contributed by atoms with van der Waals surface area (Å²) >= 11 is 12.5. The van der Waals surface area contributed by atoms with E-state index in [9.17, 15) is 0 Å². The number of hydrogen-bond acceptors (Lipinski definition) is 4. The lowest BCUT2D eigenvalue weighted by atomic mass is 10.1. The number of fused-ring (bicyclic) bond motifs is 1. The van der Waals surface area contributed by atoms with Crippen molar-refractivity contribution in [2.45, 2.75) is 31.7 Å². The zero-order valence-corrected chi connectivity index (χ0v) is 14.8. The summed E-state index contributed by atoms with van der Waals surface area (Å²) in [7, 11) is 1.87. The second kappa shape index (κ2) is 6.22. The van der Waals surface area contributed by atoms with Crippen LogP contribution in [0, 0.1) is 0 Å². The number of aryl methyl sites for hydroxylation is 1. The minimum absolute atomic E-state index is 0.446. The second-order valence-electron chi connectivity index (χ2n) is 6.24. The number of hydrogen-bond donors (Lipinski definition) is 1. The van der Waals surface area contributed by atoms with Crippen LogP contribution < -0.4 is 5.32 Å². The second-order valence-corrected chi connectivity index (χ2v) is 7.05. The van der Waals surface area contributed by atoms with Gasteiger partial charge < -0.3 is 5.32 Å². The highest BCUT2D eigenvalue weighted by Crippen LogP contribution is 2.36. The zero-order chi connectivity index (χ0) is 16.7. The maximum atomic E-state index is 6.25. The summed E-state index contributed by atoms with van der Waals surface area (Å²) in [5, 5.41) is 19.5. The van der Waals surface area contributed by atoms with Crippen molar-refractivity contribution < 1.29 is 0 Å². The van der Waals surface area contributed by atoms with Gasteiger partial charge in [0.25, 0.3) is 0 Å². The standard InChI is InChI=1S/C17H17Cl2N5/c1-24-9-10(8-20-24)16-12-6-14(18)15(19)7-13(12)17(23-22-16)21-11-4-2-3-5-11/h6-9,11H,2-5H2,1H3,(H,21,23). The van der Waals surface area contributed by atoms with Crippen molar-refractivity contribution in [3.8, 4) is 11.3 Å². The van der Waals surface area contributed by atoms with Crippen molar-refractivity contribution in [1.29, 1.82) is 0 Å². The molecule has 1 aromatic carbocycles. The summed E-state index contributed by atoms with van der Waals surface area (Å²) in [6.07, 6.45) is 8.52. The van der Waals surface area contributed by atoms with Gasteiger partial charge >= 0.3 is 0 Å². The van der Waals surface area contributed by atoms with Crippen LogP contribution >= 0.6 is 23.2 Å². The van der Waals surface area contributed by atoms with Crippen molar-refractivity contribution >= 4 is 39.8 Å². The molecule has 3 aromatic rings. The summed E-state index contributed by atoms with van der Waals surface area (Å²) in [5.41, 5.74) is 1.66. The average molecular weight is 362 g/mol. The first kappa shape index (κ1) is 15.7. The van der Waals surface area contributed by atoms with E-state index in [-0.39, 0.29) is 0 Å². The summed E-state index contributed by atoms with van der Waals surface area (Å²) in [6.45, 7) is 0. The van der Waals surface area contributed by atoms with Crippen LogP contribution in [0.4, 0.5) is 5.82 Å². The third-order valence-electron chi connectivity index (χ3n) is 4.50. The highest BCUT2D eigenvalue weighted by Gasteiger charge is 2.19. The van der Waals surface area contributed by atoms with Crippen LogP contribution in [0.25, 0.3) is 22.0 Å². The lowest BCUT2D eigenvalue weighted by Gasteiger charge is -2.15. The Balaban J connectivity index is 1.88. The highest BCUT2D eigenvalue weighted by atomic mass is 35.5. The Morgan fingerprint density at radius 3 is 2.46 bits per heavy atom. The number of halogens is 2. The predicted octanol–water partition coefficient (Wildman–Crippen LogP) is 4.69. The smallest absolute Gasteiger partial charge is 0.156 e. The molecular formula is C17H17Cl2N5. The van der Waals surface area contributed by atoms with E-state index in [1.807, 2.05) is 25.4 Å². The van der Waals surface area contributed by atoms with Gasteiger partial charge in [-0.2, -0.15) is 5.10 Å². The molecule has 0 radical (unpaired) electrons. The van der Waals surface area contributed by atoms with Gasteiger partial charge in [0.05, 0.1) is 16.2 Å². The predicted molar refractivity (Wildman–Crippen MR) is 97.6 cm³/mol. The molecule has 0 atom stereocenters. The molecule has 1 N–H and O–H groups in total. The van der Waals surface area contributed by atoms with Crippen LogP contribution in [0.15, 0.2) is 24.5 Å². The Morgan fingerprint density at radius 1 is 1.08 bits per heavy atom. The number of rotatable bonds is 3. The van der Waals surface area contributed by atoms with Crippen molar-refractivity contribution in [3.63, 3.8) is 0 Å². The molecule has 1 saturated carbocycles. The Morgan fingerprint density at radius 2 is 1.79 bits per heavy atom. The first-order chi connectivity index (χ1) is 11.6. The van der Waals surface area contributed by atoms with Gasteiger partial charge in [-0.1, -0.05) is 36.0 Å². The molecule has 0 unspecified atom stereocenters.